The van der Waals surface area contributed by atoms with Gasteiger partial charge in [0.15, 0.2) is 0 Å². The van der Waals surface area contributed by atoms with Gasteiger partial charge < -0.3 is 4.74 Å². The topological polar surface area (TPSA) is 82.7 Å². The molecule has 0 unspecified atom stereocenters. The number of halogens is 1. The Morgan fingerprint density at radius 1 is 1.37 bits per heavy atom. The third-order valence-corrected chi connectivity index (χ3v) is 6.29. The summed E-state index contributed by atoms with van der Waals surface area (Å²) in [7, 11) is 0. The molecule has 0 amide bonds. The van der Waals surface area contributed by atoms with Crippen molar-refractivity contribution < 1.29 is 13.9 Å². The maximum Gasteiger partial charge on any atom is 0.332 e. The van der Waals surface area contributed by atoms with Gasteiger partial charge in [0.25, 0.3) is 5.56 Å². The molecular weight excluding hydrogens is 409 g/mol. The quantitative estimate of drug-likeness (QED) is 0.492. The molecule has 2 aromatic heterocycles. The van der Waals surface area contributed by atoms with E-state index < -0.39 is 18.2 Å². The molecule has 2 heterocycles. The molecule has 0 bridgehead atoms. The predicted octanol–water partition coefficient (Wildman–Crippen LogP) is 3.23. The van der Waals surface area contributed by atoms with Crippen LogP contribution in [0.2, 0.25) is 0 Å². The molecule has 0 spiro atoms. The monoisotopic (exact) mass is 437 g/mol. The number of fused-ring (bicyclic) bond motifs is 1. The van der Waals surface area contributed by atoms with Crippen molar-refractivity contribution in [2.24, 2.45) is 10.9 Å². The Bertz CT molecular complexity index is 1110. The summed E-state index contributed by atoms with van der Waals surface area (Å²) in [6.07, 6.45) is 2.53. The minimum absolute atomic E-state index is 0.102. The molecular formula is C21H28FN3O4S. The second kappa shape index (κ2) is 8.45. The number of hydrogen-bond donors (Lipinski definition) is 0. The van der Waals surface area contributed by atoms with Crippen LogP contribution in [0.15, 0.2) is 14.6 Å². The third-order valence-electron chi connectivity index (χ3n) is 5.04. The molecule has 164 valence electrons. The van der Waals surface area contributed by atoms with Crippen molar-refractivity contribution in [3.05, 3.63) is 31.3 Å². The molecule has 1 aliphatic rings. The number of ether oxygens (including phenoxy) is 1. The summed E-state index contributed by atoms with van der Waals surface area (Å²) in [5.41, 5.74) is -0.559. The lowest BCUT2D eigenvalue weighted by molar-refractivity contribution is -0.152. The second-order valence-electron chi connectivity index (χ2n) is 8.76. The van der Waals surface area contributed by atoms with Gasteiger partial charge in [0, 0.05) is 18.8 Å². The van der Waals surface area contributed by atoms with Crippen LogP contribution in [0.3, 0.4) is 0 Å². The lowest BCUT2D eigenvalue weighted by Gasteiger charge is -2.18. The summed E-state index contributed by atoms with van der Waals surface area (Å²) >= 11 is 1.26. The van der Waals surface area contributed by atoms with Crippen LogP contribution in [0.25, 0.3) is 10.2 Å². The molecule has 3 rings (SSSR count). The molecule has 30 heavy (non-hydrogen) atoms. The van der Waals surface area contributed by atoms with Crippen LogP contribution < -0.4 is 11.2 Å². The van der Waals surface area contributed by atoms with Crippen LogP contribution in [0.1, 0.15) is 57.0 Å². The molecule has 0 aliphatic heterocycles. The van der Waals surface area contributed by atoms with Gasteiger partial charge in [-0.3, -0.25) is 28.1 Å². The number of aryl methyl sites for hydroxylation is 2. The number of aliphatic imine (C=N–C) groups is 1. The highest BCUT2D eigenvalue weighted by atomic mass is 32.1. The average Bonchev–Trinajstić information content (AvgIpc) is 3.24. The Kier molecular flexibility index (Phi) is 6.31. The van der Waals surface area contributed by atoms with E-state index in [0.717, 1.165) is 6.42 Å². The zero-order chi connectivity index (χ0) is 22.2. The smallest absolute Gasteiger partial charge is 0.332 e. The van der Waals surface area contributed by atoms with Crippen molar-refractivity contribution in [1.29, 1.82) is 0 Å². The molecule has 1 aliphatic carbocycles. The van der Waals surface area contributed by atoms with E-state index in [9.17, 15) is 18.8 Å². The fourth-order valence-electron chi connectivity index (χ4n) is 3.45. The van der Waals surface area contributed by atoms with Gasteiger partial charge in [-0.2, -0.15) is 0 Å². The van der Waals surface area contributed by atoms with Crippen molar-refractivity contribution in [1.82, 2.24) is 9.13 Å². The molecule has 2 aromatic rings. The van der Waals surface area contributed by atoms with E-state index in [0.29, 0.717) is 20.7 Å². The van der Waals surface area contributed by atoms with Gasteiger partial charge in [-0.25, -0.2) is 4.79 Å². The first-order chi connectivity index (χ1) is 14.0. The van der Waals surface area contributed by atoms with Gasteiger partial charge in [0.2, 0.25) is 0 Å². The number of nitrogens with zero attached hydrogens (tertiary/aromatic N) is 3. The maximum atomic E-state index is 13.1. The summed E-state index contributed by atoms with van der Waals surface area (Å²) in [5, 5.41) is 0.469. The lowest BCUT2D eigenvalue weighted by Crippen LogP contribution is -2.39. The average molecular weight is 438 g/mol. The number of rotatable bonds is 7. The number of alkyl halides is 1. The van der Waals surface area contributed by atoms with Crippen LogP contribution in [0, 0.1) is 12.8 Å². The van der Waals surface area contributed by atoms with Gasteiger partial charge in [-0.05, 0) is 52.0 Å². The van der Waals surface area contributed by atoms with Crippen molar-refractivity contribution in [3.63, 3.8) is 0 Å². The van der Waals surface area contributed by atoms with Crippen LogP contribution in [-0.2, 0) is 16.1 Å². The Hall–Kier alpha value is -2.29. The molecule has 1 fully saturated rings. The number of hydrogen-bond acceptors (Lipinski definition) is 6. The minimum Gasteiger partial charge on any atom is -0.459 e. The number of aromatic nitrogens is 2. The fourth-order valence-corrected chi connectivity index (χ4v) is 4.66. The number of esters is 1. The molecule has 0 N–H and O–H groups in total. The second-order valence-corrected chi connectivity index (χ2v) is 9.79. The number of thiophene rings is 1. The highest BCUT2D eigenvalue weighted by Gasteiger charge is 2.38. The summed E-state index contributed by atoms with van der Waals surface area (Å²) in [6, 6.07) is -0.102. The van der Waals surface area contributed by atoms with E-state index in [4.69, 9.17) is 4.74 Å². The van der Waals surface area contributed by atoms with E-state index in [1.54, 1.807) is 27.7 Å². The predicted molar refractivity (Wildman–Crippen MR) is 117 cm³/mol. The number of carbonyl (C=O) groups is 1. The Balaban J connectivity index is 2.02. The molecule has 0 aromatic carbocycles. The summed E-state index contributed by atoms with van der Waals surface area (Å²) in [4.78, 5) is 43.4. The fraction of sp³-hybridized carbons (Fsp3) is 0.619. The van der Waals surface area contributed by atoms with Gasteiger partial charge in [0.1, 0.15) is 17.0 Å². The van der Waals surface area contributed by atoms with Gasteiger partial charge >= 0.3 is 11.7 Å². The van der Waals surface area contributed by atoms with Gasteiger partial charge in [-0.15, -0.1) is 11.3 Å². The van der Waals surface area contributed by atoms with Crippen LogP contribution in [0.4, 0.5) is 4.39 Å². The van der Waals surface area contributed by atoms with E-state index in [-0.39, 0.29) is 42.7 Å². The Morgan fingerprint density at radius 3 is 2.60 bits per heavy atom. The van der Waals surface area contributed by atoms with Gasteiger partial charge in [-0.1, -0.05) is 6.92 Å². The Labute approximate surface area is 178 Å². The highest BCUT2D eigenvalue weighted by molar-refractivity contribution is 7.20. The molecule has 2 atom stereocenters. The summed E-state index contributed by atoms with van der Waals surface area (Å²) in [5.74, 6) is -0.168. The van der Waals surface area contributed by atoms with Crippen molar-refractivity contribution in [3.8, 4) is 0 Å². The maximum absolute atomic E-state index is 13.1. The van der Waals surface area contributed by atoms with Crippen molar-refractivity contribution in [2.75, 3.05) is 13.2 Å². The van der Waals surface area contributed by atoms with Crippen molar-refractivity contribution >= 4 is 33.7 Å². The number of carbonyl (C=O) groups excluding carboxylic acids is 1. The Morgan fingerprint density at radius 2 is 2.03 bits per heavy atom. The van der Waals surface area contributed by atoms with E-state index in [1.807, 2.05) is 6.92 Å². The highest BCUT2D eigenvalue weighted by Crippen LogP contribution is 2.41. The van der Waals surface area contributed by atoms with E-state index in [2.05, 4.69) is 4.99 Å². The lowest BCUT2D eigenvalue weighted by atomic mass is 10.2. The van der Waals surface area contributed by atoms with Crippen LogP contribution >= 0.6 is 11.3 Å². The van der Waals surface area contributed by atoms with Crippen LogP contribution in [0.5, 0.6) is 0 Å². The van der Waals surface area contributed by atoms with E-state index in [1.165, 1.54) is 26.7 Å². The summed E-state index contributed by atoms with van der Waals surface area (Å²) < 4.78 is 20.9. The zero-order valence-electron chi connectivity index (χ0n) is 18.0. The largest absolute Gasteiger partial charge is 0.459 e. The first kappa shape index (κ1) is 22.4. The van der Waals surface area contributed by atoms with Crippen LogP contribution in [-0.4, -0.2) is 40.1 Å². The molecule has 7 nitrogen and oxygen atoms in total. The first-order valence-electron chi connectivity index (χ1n) is 10.1. The SMILES string of the molecule is Cc1c(C=NCC(=O)OC(C)(C)C)sc2c1c(=O)n([C@H]1C[C@@H]1C)c(=O)n2CCCF. The van der Waals surface area contributed by atoms with Gasteiger partial charge in [0.05, 0.1) is 16.9 Å². The minimum atomic E-state index is -0.586. The molecule has 1 saturated carbocycles. The molecule has 9 heteroatoms. The molecule has 0 saturated heterocycles. The van der Waals surface area contributed by atoms with E-state index >= 15 is 0 Å². The zero-order valence-corrected chi connectivity index (χ0v) is 18.8. The first-order valence-corrected chi connectivity index (χ1v) is 10.9. The third kappa shape index (κ3) is 4.55. The summed E-state index contributed by atoms with van der Waals surface area (Å²) in [6.45, 7) is 8.70. The standard InChI is InChI=1S/C21H28FN3O4S/c1-12-9-14(12)25-18(27)17-13(2)15(10-23-11-16(26)29-21(3,4)5)30-19(17)24(20(25)28)8-6-7-22/h10,12,14H,6-9,11H2,1-5H3/t12-,14-/m0/s1. The van der Waals surface area contributed by atoms with Crippen molar-refractivity contribution in [2.45, 2.75) is 65.6 Å². The normalized spacial score (nSPS) is 19.0. The molecule has 0 radical (unpaired) electrons.